The molecule has 1 fully saturated rings. The van der Waals surface area contributed by atoms with Crippen LogP contribution in [0.5, 0.6) is 5.75 Å². The van der Waals surface area contributed by atoms with Gasteiger partial charge >= 0.3 is 0 Å². The number of methoxy groups -OCH3 is 1. The zero-order valence-corrected chi connectivity index (χ0v) is 12.0. The molecule has 1 N–H and O–H groups in total. The molecule has 4 nitrogen and oxygen atoms in total. The molecule has 1 aromatic rings. The molecule has 0 radical (unpaired) electrons. The van der Waals surface area contributed by atoms with E-state index in [1.54, 1.807) is 19.2 Å². The van der Waals surface area contributed by atoms with Gasteiger partial charge in [0.25, 0.3) is 0 Å². The maximum absolute atomic E-state index is 12.9. The molecule has 20 heavy (non-hydrogen) atoms. The molecule has 0 aliphatic heterocycles. The van der Waals surface area contributed by atoms with Crippen molar-refractivity contribution in [3.8, 4) is 5.75 Å². The summed E-state index contributed by atoms with van der Waals surface area (Å²) in [5.41, 5.74) is 0. The molecular weight excluding hydrogens is 261 g/mol. The average Bonchev–Trinajstić information content (AvgIpc) is 2.44. The standard InChI is InChI=1S/C15H22FNO3/c1-3-17-13-10-14(15(13)19-9-8-18-2)20-12-6-4-11(16)5-7-12/h4-7,13-15,17H,3,8-10H2,1-2H3. The maximum atomic E-state index is 12.9. The number of likely N-dealkylation sites (N-methyl/N-ethyl adjacent to an activating group) is 1. The third-order valence-corrected chi connectivity index (χ3v) is 3.41. The van der Waals surface area contributed by atoms with E-state index in [0.29, 0.717) is 25.0 Å². The van der Waals surface area contributed by atoms with Crippen LogP contribution < -0.4 is 10.1 Å². The molecule has 0 saturated heterocycles. The normalized spacial score (nSPS) is 25.2. The molecule has 1 aromatic carbocycles. The molecule has 0 spiro atoms. The number of rotatable bonds is 8. The van der Waals surface area contributed by atoms with Gasteiger partial charge in [0.2, 0.25) is 0 Å². The number of halogens is 1. The summed E-state index contributed by atoms with van der Waals surface area (Å²) < 4.78 is 29.5. The first-order valence-electron chi connectivity index (χ1n) is 7.00. The summed E-state index contributed by atoms with van der Waals surface area (Å²) in [7, 11) is 1.65. The Labute approximate surface area is 119 Å². The minimum absolute atomic E-state index is 0.00127. The highest BCUT2D eigenvalue weighted by molar-refractivity contribution is 5.23. The average molecular weight is 283 g/mol. The first kappa shape index (κ1) is 15.2. The Hall–Kier alpha value is -1.17. The SMILES string of the molecule is CCNC1CC(Oc2ccc(F)cc2)C1OCCOC. The van der Waals surface area contributed by atoms with Gasteiger partial charge in [-0.25, -0.2) is 4.39 Å². The van der Waals surface area contributed by atoms with Crippen molar-refractivity contribution in [1.82, 2.24) is 5.32 Å². The molecule has 112 valence electrons. The Balaban J connectivity index is 1.87. The second-order valence-corrected chi connectivity index (χ2v) is 4.84. The van der Waals surface area contributed by atoms with Gasteiger partial charge in [-0.15, -0.1) is 0 Å². The van der Waals surface area contributed by atoms with E-state index in [1.165, 1.54) is 12.1 Å². The van der Waals surface area contributed by atoms with Crippen molar-refractivity contribution in [2.45, 2.75) is 31.6 Å². The van der Waals surface area contributed by atoms with Crippen molar-refractivity contribution in [2.75, 3.05) is 26.9 Å². The van der Waals surface area contributed by atoms with Crippen LogP contribution in [0.2, 0.25) is 0 Å². The topological polar surface area (TPSA) is 39.7 Å². The Morgan fingerprint density at radius 2 is 2.00 bits per heavy atom. The third-order valence-electron chi connectivity index (χ3n) is 3.41. The molecular formula is C15H22FNO3. The van der Waals surface area contributed by atoms with Crippen LogP contribution in [-0.2, 0) is 9.47 Å². The zero-order chi connectivity index (χ0) is 14.4. The van der Waals surface area contributed by atoms with Gasteiger partial charge in [0.1, 0.15) is 23.8 Å². The van der Waals surface area contributed by atoms with Crippen molar-refractivity contribution in [3.63, 3.8) is 0 Å². The van der Waals surface area contributed by atoms with Crippen LogP contribution in [0, 0.1) is 5.82 Å². The molecule has 3 unspecified atom stereocenters. The van der Waals surface area contributed by atoms with Crippen molar-refractivity contribution < 1.29 is 18.6 Å². The summed E-state index contributed by atoms with van der Waals surface area (Å²) in [5.74, 6) is 0.413. The van der Waals surface area contributed by atoms with Crippen molar-refractivity contribution in [3.05, 3.63) is 30.1 Å². The summed E-state index contributed by atoms with van der Waals surface area (Å²) in [4.78, 5) is 0. The molecule has 1 saturated carbocycles. The Morgan fingerprint density at radius 1 is 1.25 bits per heavy atom. The number of ether oxygens (including phenoxy) is 3. The highest BCUT2D eigenvalue weighted by atomic mass is 19.1. The van der Waals surface area contributed by atoms with Crippen molar-refractivity contribution in [1.29, 1.82) is 0 Å². The van der Waals surface area contributed by atoms with Crippen LogP contribution in [0.1, 0.15) is 13.3 Å². The monoisotopic (exact) mass is 283 g/mol. The number of hydrogen-bond acceptors (Lipinski definition) is 4. The molecule has 2 rings (SSSR count). The molecule has 1 aliphatic rings. The zero-order valence-electron chi connectivity index (χ0n) is 12.0. The van der Waals surface area contributed by atoms with Crippen LogP contribution in [0.25, 0.3) is 0 Å². The van der Waals surface area contributed by atoms with Gasteiger partial charge in [-0.3, -0.25) is 0 Å². The van der Waals surface area contributed by atoms with Gasteiger partial charge in [-0.05, 0) is 30.8 Å². The van der Waals surface area contributed by atoms with E-state index >= 15 is 0 Å². The first-order valence-corrected chi connectivity index (χ1v) is 7.00. The smallest absolute Gasteiger partial charge is 0.128 e. The minimum Gasteiger partial charge on any atom is -0.488 e. The first-order chi connectivity index (χ1) is 9.74. The molecule has 0 aromatic heterocycles. The largest absolute Gasteiger partial charge is 0.488 e. The summed E-state index contributed by atoms with van der Waals surface area (Å²) in [5, 5.41) is 3.38. The molecule has 0 amide bonds. The summed E-state index contributed by atoms with van der Waals surface area (Å²) in [6, 6.07) is 6.39. The lowest BCUT2D eigenvalue weighted by Crippen LogP contribution is -2.61. The Bertz CT molecular complexity index is 399. The minimum atomic E-state index is -0.260. The summed E-state index contributed by atoms with van der Waals surface area (Å²) >= 11 is 0. The number of nitrogens with one attached hydrogen (secondary N) is 1. The predicted molar refractivity (Wildman–Crippen MR) is 74.5 cm³/mol. The fraction of sp³-hybridized carbons (Fsp3) is 0.600. The molecule has 3 atom stereocenters. The van der Waals surface area contributed by atoms with Crippen molar-refractivity contribution in [2.24, 2.45) is 0 Å². The van der Waals surface area contributed by atoms with E-state index in [0.717, 1.165) is 13.0 Å². The van der Waals surface area contributed by atoms with E-state index in [4.69, 9.17) is 14.2 Å². The van der Waals surface area contributed by atoms with Crippen LogP contribution in [0.3, 0.4) is 0 Å². The van der Waals surface area contributed by atoms with Gasteiger partial charge in [-0.1, -0.05) is 6.92 Å². The van der Waals surface area contributed by atoms with Gasteiger partial charge in [0, 0.05) is 19.6 Å². The predicted octanol–water partition coefficient (Wildman–Crippen LogP) is 1.99. The van der Waals surface area contributed by atoms with Gasteiger partial charge in [0.15, 0.2) is 0 Å². The van der Waals surface area contributed by atoms with Crippen LogP contribution in [0.15, 0.2) is 24.3 Å². The quantitative estimate of drug-likeness (QED) is 0.741. The van der Waals surface area contributed by atoms with Crippen molar-refractivity contribution >= 4 is 0 Å². The highest BCUT2D eigenvalue weighted by Crippen LogP contribution is 2.29. The van der Waals surface area contributed by atoms with Crippen LogP contribution >= 0.6 is 0 Å². The fourth-order valence-corrected chi connectivity index (χ4v) is 2.34. The molecule has 5 heteroatoms. The second kappa shape index (κ2) is 7.57. The molecule has 1 aliphatic carbocycles. The van der Waals surface area contributed by atoms with Gasteiger partial charge < -0.3 is 19.5 Å². The lowest BCUT2D eigenvalue weighted by atomic mass is 9.85. The van der Waals surface area contributed by atoms with Gasteiger partial charge in [-0.2, -0.15) is 0 Å². The Kier molecular flexibility index (Phi) is 5.76. The van der Waals surface area contributed by atoms with E-state index in [1.807, 2.05) is 0 Å². The summed E-state index contributed by atoms with van der Waals surface area (Å²) in [6.45, 7) is 4.09. The third kappa shape index (κ3) is 3.91. The fourth-order valence-electron chi connectivity index (χ4n) is 2.34. The Morgan fingerprint density at radius 3 is 2.65 bits per heavy atom. The van der Waals surface area contributed by atoms with Crippen LogP contribution in [-0.4, -0.2) is 45.1 Å². The lowest BCUT2D eigenvalue weighted by Gasteiger charge is -2.44. The van der Waals surface area contributed by atoms with Crippen LogP contribution in [0.4, 0.5) is 4.39 Å². The van der Waals surface area contributed by atoms with E-state index in [2.05, 4.69) is 12.2 Å². The number of hydrogen-bond donors (Lipinski definition) is 1. The van der Waals surface area contributed by atoms with E-state index in [9.17, 15) is 4.39 Å². The second-order valence-electron chi connectivity index (χ2n) is 4.84. The highest BCUT2D eigenvalue weighted by Gasteiger charge is 2.43. The summed E-state index contributed by atoms with van der Waals surface area (Å²) in [6.07, 6.45) is 0.902. The lowest BCUT2D eigenvalue weighted by molar-refractivity contribution is -0.115. The van der Waals surface area contributed by atoms with E-state index < -0.39 is 0 Å². The number of benzene rings is 1. The maximum Gasteiger partial charge on any atom is 0.128 e. The van der Waals surface area contributed by atoms with E-state index in [-0.39, 0.29) is 18.0 Å². The molecule has 0 bridgehead atoms. The van der Waals surface area contributed by atoms with Gasteiger partial charge in [0.05, 0.1) is 13.2 Å². The molecule has 0 heterocycles.